The van der Waals surface area contributed by atoms with Crippen LogP contribution in [0.1, 0.15) is 5.56 Å². The molecule has 2 aromatic carbocycles. The van der Waals surface area contributed by atoms with Crippen LogP contribution in [-0.4, -0.2) is 26.0 Å². The van der Waals surface area contributed by atoms with Crippen LogP contribution in [0, 0.1) is 0 Å². The molecule has 0 amide bonds. The van der Waals surface area contributed by atoms with E-state index in [1.807, 2.05) is 41.9 Å². The Morgan fingerprint density at radius 3 is 2.76 bits per heavy atom. The highest BCUT2D eigenvalue weighted by Crippen LogP contribution is 2.25. The van der Waals surface area contributed by atoms with Crippen LogP contribution in [0.5, 0.6) is 0 Å². The van der Waals surface area contributed by atoms with Crippen molar-refractivity contribution in [2.75, 3.05) is 5.43 Å². The van der Waals surface area contributed by atoms with Crippen molar-refractivity contribution in [3.8, 4) is 0 Å². The largest absolute Gasteiger partial charge is 0.327 e. The van der Waals surface area contributed by atoms with E-state index in [4.69, 9.17) is 23.2 Å². The van der Waals surface area contributed by atoms with Gasteiger partial charge in [0.15, 0.2) is 5.65 Å². The van der Waals surface area contributed by atoms with Gasteiger partial charge in [-0.3, -0.25) is 0 Å². The first kappa shape index (κ1) is 15.8. The van der Waals surface area contributed by atoms with Gasteiger partial charge in [0.05, 0.1) is 21.8 Å². The zero-order valence-corrected chi connectivity index (χ0v) is 14.6. The Hall–Kier alpha value is -2.70. The van der Waals surface area contributed by atoms with E-state index >= 15 is 0 Å². The molecule has 0 atom stereocenters. The summed E-state index contributed by atoms with van der Waals surface area (Å²) in [5.41, 5.74) is 6.14. The lowest BCUT2D eigenvalue weighted by atomic mass is 10.2. The minimum Gasteiger partial charge on any atom is -0.327 e. The molecule has 0 saturated heterocycles. The van der Waals surface area contributed by atoms with Crippen LogP contribution in [0.2, 0.25) is 10.0 Å². The van der Waals surface area contributed by atoms with Crippen LogP contribution in [0.3, 0.4) is 0 Å². The van der Waals surface area contributed by atoms with Crippen LogP contribution in [0.15, 0.2) is 47.6 Å². The second-order valence-electron chi connectivity index (χ2n) is 5.43. The average molecular weight is 371 g/mol. The van der Waals surface area contributed by atoms with Crippen LogP contribution in [0.4, 0.5) is 5.95 Å². The number of aromatic nitrogens is 4. The number of hydrogen-bond acceptors (Lipinski definition) is 5. The molecule has 0 radical (unpaired) electrons. The Balaban J connectivity index is 1.63. The number of anilines is 1. The second-order valence-corrected chi connectivity index (χ2v) is 6.24. The fourth-order valence-electron chi connectivity index (χ4n) is 2.61. The average Bonchev–Trinajstić information content (AvgIpc) is 2.91. The molecule has 0 fully saturated rings. The molecule has 4 rings (SSSR count). The van der Waals surface area contributed by atoms with E-state index in [-0.39, 0.29) is 0 Å². The van der Waals surface area contributed by atoms with E-state index in [0.29, 0.717) is 16.0 Å². The third kappa shape index (κ3) is 2.90. The topological polar surface area (TPSA) is 68.0 Å². The van der Waals surface area contributed by atoms with E-state index in [0.717, 1.165) is 27.6 Å². The highest BCUT2D eigenvalue weighted by Gasteiger charge is 2.11. The number of hydrogen-bond donors (Lipinski definition) is 1. The maximum atomic E-state index is 5.98. The molecule has 4 aromatic rings. The van der Waals surface area contributed by atoms with Gasteiger partial charge in [-0.2, -0.15) is 10.1 Å². The van der Waals surface area contributed by atoms with Gasteiger partial charge < -0.3 is 4.57 Å². The van der Waals surface area contributed by atoms with E-state index in [2.05, 4.69) is 25.7 Å². The lowest BCUT2D eigenvalue weighted by Crippen LogP contribution is -2.00. The maximum absolute atomic E-state index is 5.98. The summed E-state index contributed by atoms with van der Waals surface area (Å²) in [5, 5.41) is 14.5. The van der Waals surface area contributed by atoms with Crippen molar-refractivity contribution >= 4 is 57.4 Å². The molecule has 0 unspecified atom stereocenters. The predicted molar refractivity (Wildman–Crippen MR) is 101 cm³/mol. The molecule has 0 bridgehead atoms. The lowest BCUT2D eigenvalue weighted by Gasteiger charge is -2.00. The summed E-state index contributed by atoms with van der Waals surface area (Å²) in [6.45, 7) is 0. The Bertz CT molecular complexity index is 1120. The minimum atomic E-state index is 0.315. The predicted octanol–water partition coefficient (Wildman–Crippen LogP) is 4.27. The molecule has 2 heterocycles. The molecule has 124 valence electrons. The second kappa shape index (κ2) is 6.31. The summed E-state index contributed by atoms with van der Waals surface area (Å²) in [5.74, 6) is 0.315. The number of para-hydroxylation sites is 1. The molecular weight excluding hydrogens is 359 g/mol. The smallest absolute Gasteiger partial charge is 0.265 e. The van der Waals surface area contributed by atoms with Crippen LogP contribution in [0.25, 0.3) is 22.1 Å². The number of aryl methyl sites for hydroxylation is 1. The van der Waals surface area contributed by atoms with Crippen LogP contribution < -0.4 is 5.43 Å². The molecule has 0 spiro atoms. The van der Waals surface area contributed by atoms with Gasteiger partial charge in [-0.25, -0.2) is 5.43 Å². The molecule has 0 aliphatic carbocycles. The maximum Gasteiger partial charge on any atom is 0.265 e. The van der Waals surface area contributed by atoms with Crippen molar-refractivity contribution in [3.05, 3.63) is 58.1 Å². The zero-order chi connectivity index (χ0) is 17.4. The molecule has 6 nitrogen and oxygen atoms in total. The van der Waals surface area contributed by atoms with Crippen molar-refractivity contribution in [2.45, 2.75) is 0 Å². The first-order valence-corrected chi connectivity index (χ1v) is 8.21. The molecule has 1 N–H and O–H groups in total. The van der Waals surface area contributed by atoms with Gasteiger partial charge in [-0.15, -0.1) is 10.2 Å². The van der Waals surface area contributed by atoms with Crippen molar-refractivity contribution in [2.24, 2.45) is 12.1 Å². The van der Waals surface area contributed by atoms with Gasteiger partial charge in [-0.05, 0) is 23.8 Å². The van der Waals surface area contributed by atoms with Crippen LogP contribution in [-0.2, 0) is 7.05 Å². The fraction of sp³-hybridized carbons (Fsp3) is 0.0588. The molecule has 8 heteroatoms. The number of nitrogens with one attached hydrogen (secondary N) is 1. The van der Waals surface area contributed by atoms with Gasteiger partial charge in [-0.1, -0.05) is 47.5 Å². The quantitative estimate of drug-likeness (QED) is 0.431. The third-order valence-electron chi connectivity index (χ3n) is 3.83. The highest BCUT2D eigenvalue weighted by atomic mass is 35.5. The van der Waals surface area contributed by atoms with Gasteiger partial charge in [0.2, 0.25) is 0 Å². The normalized spacial score (nSPS) is 11.6. The Kier molecular flexibility index (Phi) is 3.99. The van der Waals surface area contributed by atoms with E-state index in [1.165, 1.54) is 0 Å². The summed E-state index contributed by atoms with van der Waals surface area (Å²) in [6, 6.07) is 13.2. The Morgan fingerprint density at radius 1 is 1.08 bits per heavy atom. The molecule has 25 heavy (non-hydrogen) atoms. The first-order valence-electron chi connectivity index (χ1n) is 7.45. The number of rotatable bonds is 3. The monoisotopic (exact) mass is 370 g/mol. The van der Waals surface area contributed by atoms with E-state index in [9.17, 15) is 0 Å². The first-order chi connectivity index (χ1) is 12.1. The number of benzene rings is 2. The van der Waals surface area contributed by atoms with Gasteiger partial charge in [0.25, 0.3) is 5.95 Å². The summed E-state index contributed by atoms with van der Waals surface area (Å²) in [7, 11) is 1.95. The summed E-state index contributed by atoms with van der Waals surface area (Å²) in [4.78, 5) is 4.49. The molecular formula is C17H12Cl2N6. The van der Waals surface area contributed by atoms with Gasteiger partial charge in [0, 0.05) is 12.4 Å². The van der Waals surface area contributed by atoms with Crippen LogP contribution >= 0.6 is 23.2 Å². The number of nitrogens with zero attached hydrogens (tertiary/aromatic N) is 5. The van der Waals surface area contributed by atoms with Crippen molar-refractivity contribution in [1.82, 2.24) is 19.7 Å². The molecule has 0 saturated carbocycles. The fourth-order valence-corrected chi connectivity index (χ4v) is 2.92. The number of fused-ring (bicyclic) bond motifs is 3. The number of hydrazone groups is 1. The lowest BCUT2D eigenvalue weighted by molar-refractivity contribution is 0.949. The molecule has 0 aliphatic heterocycles. The zero-order valence-electron chi connectivity index (χ0n) is 13.1. The van der Waals surface area contributed by atoms with E-state index in [1.54, 1.807) is 18.3 Å². The summed E-state index contributed by atoms with van der Waals surface area (Å²) < 4.78 is 1.98. The Labute approximate surface area is 153 Å². The van der Waals surface area contributed by atoms with Gasteiger partial charge in [0.1, 0.15) is 5.52 Å². The Morgan fingerprint density at radius 2 is 1.92 bits per heavy atom. The van der Waals surface area contributed by atoms with E-state index < -0.39 is 0 Å². The van der Waals surface area contributed by atoms with Gasteiger partial charge >= 0.3 is 0 Å². The number of halogens is 2. The summed E-state index contributed by atoms with van der Waals surface area (Å²) in [6.07, 6.45) is 1.61. The van der Waals surface area contributed by atoms with Crippen molar-refractivity contribution in [3.63, 3.8) is 0 Å². The molecule has 0 aliphatic rings. The van der Waals surface area contributed by atoms with Crippen molar-refractivity contribution < 1.29 is 0 Å². The minimum absolute atomic E-state index is 0.315. The highest BCUT2D eigenvalue weighted by molar-refractivity contribution is 6.42. The SMILES string of the molecule is Cn1c2ccccc2c2nnc(N/N=C/c3ccc(Cl)c(Cl)c3)nc21. The third-order valence-corrected chi connectivity index (χ3v) is 4.57. The summed E-state index contributed by atoms with van der Waals surface area (Å²) >= 11 is 11.9. The molecule has 2 aromatic heterocycles. The van der Waals surface area contributed by atoms with Crippen molar-refractivity contribution in [1.29, 1.82) is 0 Å². The standard InChI is InChI=1S/C17H12Cl2N6/c1-25-14-5-3-2-4-11(14)15-16(25)21-17(24-22-15)23-20-9-10-6-7-12(18)13(19)8-10/h2-9H,1H3,(H,21,23,24)/b20-9+.